The van der Waals surface area contributed by atoms with Crippen LogP contribution in [0.5, 0.6) is 5.75 Å². The highest BCUT2D eigenvalue weighted by Crippen LogP contribution is 2.44. The molecule has 0 radical (unpaired) electrons. The van der Waals surface area contributed by atoms with Gasteiger partial charge < -0.3 is 24.8 Å². The molecule has 7 nitrogen and oxygen atoms in total. The van der Waals surface area contributed by atoms with Gasteiger partial charge in [-0.2, -0.15) is 0 Å². The van der Waals surface area contributed by atoms with Crippen LogP contribution in [0.4, 0.5) is 11.4 Å². The molecule has 0 bridgehead atoms. The van der Waals surface area contributed by atoms with Crippen molar-refractivity contribution in [1.82, 2.24) is 14.9 Å². The van der Waals surface area contributed by atoms with Crippen LogP contribution in [0.15, 0.2) is 85.2 Å². The first-order valence-electron chi connectivity index (χ1n) is 11.9. The zero-order valence-electron chi connectivity index (χ0n) is 20.4. The highest BCUT2D eigenvalue weighted by molar-refractivity contribution is 7.80. The van der Waals surface area contributed by atoms with E-state index in [1.54, 1.807) is 13.3 Å². The van der Waals surface area contributed by atoms with E-state index in [0.717, 1.165) is 22.8 Å². The fraction of sp³-hybridized carbons (Fsp3) is 0.179. The Labute approximate surface area is 226 Å². The summed E-state index contributed by atoms with van der Waals surface area (Å²) in [5.74, 6) is 0.462. The number of amides is 1. The number of ether oxygens (including phenoxy) is 1. The first-order valence-corrected chi connectivity index (χ1v) is 12.7. The van der Waals surface area contributed by atoms with Crippen LogP contribution in [0.3, 0.4) is 0 Å². The lowest BCUT2D eigenvalue weighted by Gasteiger charge is -2.29. The van der Waals surface area contributed by atoms with Crippen molar-refractivity contribution in [3.63, 3.8) is 0 Å². The second-order valence-electron chi connectivity index (χ2n) is 8.57. The number of hydrogen-bond acceptors (Lipinski definition) is 4. The minimum Gasteiger partial charge on any atom is -0.494 e. The number of hydrogen-bond donors (Lipinski definition) is 2. The van der Waals surface area contributed by atoms with Crippen molar-refractivity contribution in [2.24, 2.45) is 0 Å². The lowest BCUT2D eigenvalue weighted by atomic mass is 10.0. The van der Waals surface area contributed by atoms with Gasteiger partial charge in [0.15, 0.2) is 5.11 Å². The van der Waals surface area contributed by atoms with E-state index in [9.17, 15) is 4.79 Å². The Morgan fingerprint density at radius 1 is 1.11 bits per heavy atom. The van der Waals surface area contributed by atoms with E-state index in [2.05, 4.69) is 31.2 Å². The van der Waals surface area contributed by atoms with Gasteiger partial charge in [-0.1, -0.05) is 30.7 Å². The summed E-state index contributed by atoms with van der Waals surface area (Å²) in [6.07, 6.45) is 4.17. The monoisotopic (exact) mass is 531 g/mol. The predicted molar refractivity (Wildman–Crippen MR) is 151 cm³/mol. The van der Waals surface area contributed by atoms with Crippen LogP contribution in [0.2, 0.25) is 5.02 Å². The Kier molecular flexibility index (Phi) is 7.12. The summed E-state index contributed by atoms with van der Waals surface area (Å²) in [7, 11) is 1.58. The van der Waals surface area contributed by atoms with Crippen LogP contribution >= 0.6 is 23.8 Å². The molecule has 0 aliphatic carbocycles. The molecule has 0 saturated carbocycles. The largest absolute Gasteiger partial charge is 0.494 e. The van der Waals surface area contributed by atoms with E-state index in [1.165, 1.54) is 0 Å². The van der Waals surface area contributed by atoms with Crippen LogP contribution in [-0.4, -0.2) is 27.7 Å². The normalized spacial score (nSPS) is 16.9. The van der Waals surface area contributed by atoms with Crippen LogP contribution in [-0.2, 0) is 4.79 Å². The summed E-state index contributed by atoms with van der Waals surface area (Å²) in [4.78, 5) is 18.7. The maximum absolute atomic E-state index is 12.0. The van der Waals surface area contributed by atoms with Crippen LogP contribution < -0.4 is 20.3 Å². The maximum atomic E-state index is 12.0. The van der Waals surface area contributed by atoms with E-state index in [-0.39, 0.29) is 18.0 Å². The standard InChI is InChI=1S/C28H26ClN5O2S/c1-3-25(35)31-21-13-12-20(17-24(21)36-2)34-27(26(32-28(34)37)22-10-4-5-14-30-22)23-11-7-15-33(23)19-9-6-8-18(29)16-19/h4-17,26-27H,3H2,1-2H3,(H,31,35)(H,32,37)/t26-,27+/m1/s1. The molecule has 0 unspecified atom stereocenters. The average molecular weight is 532 g/mol. The number of carbonyl (C=O) groups is 1. The summed E-state index contributed by atoms with van der Waals surface area (Å²) < 4.78 is 7.75. The number of thiocarbonyl (C=S) groups is 1. The second kappa shape index (κ2) is 10.6. The molecular formula is C28H26ClN5O2S. The van der Waals surface area contributed by atoms with Gasteiger partial charge in [-0.15, -0.1) is 0 Å². The molecule has 1 aliphatic heterocycles. The molecule has 4 aromatic rings. The number of carbonyl (C=O) groups excluding carboxylic acids is 1. The van der Waals surface area contributed by atoms with Gasteiger partial charge in [-0.25, -0.2) is 0 Å². The Hall–Kier alpha value is -3.88. The second-order valence-corrected chi connectivity index (χ2v) is 9.39. The zero-order chi connectivity index (χ0) is 25.9. The molecule has 188 valence electrons. The Morgan fingerprint density at radius 3 is 2.70 bits per heavy atom. The number of nitrogens with zero attached hydrogens (tertiary/aromatic N) is 3. The van der Waals surface area contributed by atoms with Crippen LogP contribution in [0, 0.1) is 0 Å². The number of aromatic nitrogens is 2. The van der Waals surface area contributed by atoms with Crippen molar-refractivity contribution in [1.29, 1.82) is 0 Å². The number of methoxy groups -OCH3 is 1. The van der Waals surface area contributed by atoms with Crippen LogP contribution in [0.1, 0.15) is 36.8 Å². The van der Waals surface area contributed by atoms with Crippen LogP contribution in [0.25, 0.3) is 5.69 Å². The molecule has 1 aliphatic rings. The quantitative estimate of drug-likeness (QED) is 0.282. The molecule has 2 N–H and O–H groups in total. The fourth-order valence-corrected chi connectivity index (χ4v) is 5.13. The predicted octanol–water partition coefficient (Wildman–Crippen LogP) is 6.06. The lowest BCUT2D eigenvalue weighted by molar-refractivity contribution is -0.115. The number of rotatable bonds is 7. The SMILES string of the molecule is CCC(=O)Nc1ccc(N2C(=S)N[C@H](c3ccccn3)[C@@H]2c2cccn2-c2cccc(Cl)c2)cc1OC. The summed E-state index contributed by atoms with van der Waals surface area (Å²) >= 11 is 12.2. The van der Waals surface area contributed by atoms with Gasteiger partial charge in [0.1, 0.15) is 11.8 Å². The van der Waals surface area contributed by atoms with E-state index in [0.29, 0.717) is 28.0 Å². The van der Waals surface area contributed by atoms with E-state index in [1.807, 2.05) is 79.9 Å². The fourth-order valence-electron chi connectivity index (χ4n) is 4.60. The van der Waals surface area contributed by atoms with Crippen molar-refractivity contribution in [2.45, 2.75) is 25.4 Å². The molecule has 9 heteroatoms. The van der Waals surface area contributed by atoms with Gasteiger partial charge in [0.2, 0.25) is 5.91 Å². The number of halogens is 1. The molecule has 3 heterocycles. The minimum absolute atomic E-state index is 0.0862. The molecule has 37 heavy (non-hydrogen) atoms. The summed E-state index contributed by atoms with van der Waals surface area (Å²) in [6.45, 7) is 1.81. The third kappa shape index (κ3) is 4.90. The van der Waals surface area contributed by atoms with Gasteiger partial charge in [0, 0.05) is 47.0 Å². The molecule has 2 atom stereocenters. The number of anilines is 2. The number of pyridine rings is 1. The number of benzene rings is 2. The first-order chi connectivity index (χ1) is 18.0. The van der Waals surface area contributed by atoms with E-state index in [4.69, 9.17) is 28.6 Å². The van der Waals surface area contributed by atoms with Gasteiger partial charge >= 0.3 is 0 Å². The van der Waals surface area contributed by atoms with Crippen molar-refractivity contribution in [3.8, 4) is 11.4 Å². The summed E-state index contributed by atoms with van der Waals surface area (Å²) in [6, 6.07) is 22.9. The Bertz CT molecular complexity index is 1440. The smallest absolute Gasteiger partial charge is 0.224 e. The topological polar surface area (TPSA) is 71.4 Å². The Balaban J connectivity index is 1.63. The van der Waals surface area contributed by atoms with Gasteiger partial charge in [0.05, 0.1) is 24.5 Å². The van der Waals surface area contributed by atoms with Crippen molar-refractivity contribution >= 4 is 46.2 Å². The van der Waals surface area contributed by atoms with Gasteiger partial charge in [0.25, 0.3) is 0 Å². The van der Waals surface area contributed by atoms with Crippen molar-refractivity contribution < 1.29 is 9.53 Å². The van der Waals surface area contributed by atoms with Crippen molar-refractivity contribution in [2.75, 3.05) is 17.3 Å². The molecule has 5 rings (SSSR count). The van der Waals surface area contributed by atoms with E-state index >= 15 is 0 Å². The molecule has 2 aromatic carbocycles. The molecule has 2 aromatic heterocycles. The average Bonchev–Trinajstić information content (AvgIpc) is 3.53. The van der Waals surface area contributed by atoms with E-state index < -0.39 is 0 Å². The summed E-state index contributed by atoms with van der Waals surface area (Å²) in [5, 5.41) is 7.60. The maximum Gasteiger partial charge on any atom is 0.224 e. The Morgan fingerprint density at radius 2 is 1.97 bits per heavy atom. The van der Waals surface area contributed by atoms with Gasteiger partial charge in [-0.05, 0) is 66.8 Å². The third-order valence-corrected chi connectivity index (χ3v) is 6.88. The third-order valence-electron chi connectivity index (χ3n) is 6.33. The minimum atomic E-state index is -0.239. The van der Waals surface area contributed by atoms with Crippen molar-refractivity contribution in [3.05, 3.63) is 102 Å². The molecular weight excluding hydrogens is 506 g/mol. The zero-order valence-corrected chi connectivity index (χ0v) is 22.0. The van der Waals surface area contributed by atoms with Gasteiger partial charge in [-0.3, -0.25) is 9.78 Å². The lowest BCUT2D eigenvalue weighted by Crippen LogP contribution is -2.30. The number of nitrogens with one attached hydrogen (secondary N) is 2. The molecule has 1 saturated heterocycles. The first kappa shape index (κ1) is 24.8. The molecule has 0 spiro atoms. The molecule has 1 fully saturated rings. The molecule has 1 amide bonds. The highest BCUT2D eigenvalue weighted by atomic mass is 35.5. The summed E-state index contributed by atoms with van der Waals surface area (Å²) in [5.41, 5.74) is 4.25. The highest BCUT2D eigenvalue weighted by Gasteiger charge is 2.42.